The molecule has 1 aliphatic carbocycles. The van der Waals surface area contributed by atoms with Crippen molar-refractivity contribution in [2.24, 2.45) is 5.73 Å². The minimum Gasteiger partial charge on any atom is -0.504 e. The molecule has 0 aromatic heterocycles. The Labute approximate surface area is 90.7 Å². The smallest absolute Gasteiger partial charge is 0.161 e. The number of halogens is 1. The lowest BCUT2D eigenvalue weighted by Gasteiger charge is -2.12. The van der Waals surface area contributed by atoms with Crippen LogP contribution in [0.3, 0.4) is 0 Å². The van der Waals surface area contributed by atoms with Crippen molar-refractivity contribution in [1.29, 1.82) is 0 Å². The van der Waals surface area contributed by atoms with Crippen LogP contribution in [0.25, 0.3) is 0 Å². The number of rotatable bonds is 2. The minimum atomic E-state index is -0.173. The van der Waals surface area contributed by atoms with Crippen LogP contribution in [0.4, 0.5) is 0 Å². The molecule has 3 nitrogen and oxygen atoms in total. The molecule has 0 aliphatic heterocycles. The van der Waals surface area contributed by atoms with E-state index in [0.717, 1.165) is 17.3 Å². The Balaban J connectivity index is 2.35. The van der Waals surface area contributed by atoms with E-state index in [1.807, 2.05) is 0 Å². The number of phenols is 2. The molecule has 76 valence electrons. The molecule has 2 rings (SSSR count). The van der Waals surface area contributed by atoms with Crippen molar-refractivity contribution < 1.29 is 10.2 Å². The van der Waals surface area contributed by atoms with Crippen LogP contribution in [0.1, 0.15) is 18.4 Å². The van der Waals surface area contributed by atoms with Gasteiger partial charge in [-0.2, -0.15) is 0 Å². The predicted octanol–water partition coefficient (Wildman–Crippen LogP) is 1.89. The maximum atomic E-state index is 9.63. The molecular weight excluding hydrogens is 246 g/mol. The molecular formula is C10H12BrNO2. The van der Waals surface area contributed by atoms with Crippen LogP contribution >= 0.6 is 15.9 Å². The van der Waals surface area contributed by atoms with E-state index in [-0.39, 0.29) is 17.0 Å². The summed E-state index contributed by atoms with van der Waals surface area (Å²) in [6.07, 6.45) is 2.57. The van der Waals surface area contributed by atoms with Gasteiger partial charge in [-0.25, -0.2) is 0 Å². The number of hydrogen-bond donors (Lipinski definition) is 3. The predicted molar refractivity (Wildman–Crippen MR) is 57.3 cm³/mol. The maximum absolute atomic E-state index is 9.63. The quantitative estimate of drug-likeness (QED) is 0.710. The van der Waals surface area contributed by atoms with E-state index < -0.39 is 0 Å². The average molecular weight is 258 g/mol. The van der Waals surface area contributed by atoms with Crippen LogP contribution in [0.15, 0.2) is 16.6 Å². The zero-order valence-corrected chi connectivity index (χ0v) is 9.21. The van der Waals surface area contributed by atoms with E-state index in [9.17, 15) is 10.2 Å². The van der Waals surface area contributed by atoms with Gasteiger partial charge < -0.3 is 15.9 Å². The van der Waals surface area contributed by atoms with Crippen LogP contribution in [0.2, 0.25) is 0 Å². The zero-order valence-electron chi connectivity index (χ0n) is 7.63. The van der Waals surface area contributed by atoms with E-state index in [0.29, 0.717) is 12.0 Å². The van der Waals surface area contributed by atoms with Gasteiger partial charge in [0.1, 0.15) is 0 Å². The van der Waals surface area contributed by atoms with E-state index in [2.05, 4.69) is 15.9 Å². The van der Waals surface area contributed by atoms with Gasteiger partial charge in [-0.05, 0) is 31.4 Å². The molecule has 1 aromatic rings. The first-order valence-corrected chi connectivity index (χ1v) is 5.29. The summed E-state index contributed by atoms with van der Waals surface area (Å²) in [4.78, 5) is 0. The van der Waals surface area contributed by atoms with Crippen molar-refractivity contribution in [3.05, 3.63) is 22.2 Å². The molecule has 1 fully saturated rings. The van der Waals surface area contributed by atoms with Crippen LogP contribution in [0, 0.1) is 0 Å². The average Bonchev–Trinajstić information content (AvgIpc) is 2.86. The fraction of sp³-hybridized carbons (Fsp3) is 0.400. The van der Waals surface area contributed by atoms with E-state index in [1.165, 1.54) is 6.07 Å². The number of hydrogen-bond acceptors (Lipinski definition) is 3. The topological polar surface area (TPSA) is 66.5 Å². The van der Waals surface area contributed by atoms with Crippen LogP contribution in [-0.2, 0) is 6.42 Å². The van der Waals surface area contributed by atoms with Gasteiger partial charge >= 0.3 is 0 Å². The largest absolute Gasteiger partial charge is 0.504 e. The summed E-state index contributed by atoms with van der Waals surface area (Å²) < 4.78 is 0.796. The number of benzene rings is 1. The number of phenolic OH excluding ortho intramolecular Hbond substituents is 2. The van der Waals surface area contributed by atoms with Crippen LogP contribution < -0.4 is 5.73 Å². The van der Waals surface area contributed by atoms with Gasteiger partial charge in [-0.1, -0.05) is 15.9 Å². The van der Waals surface area contributed by atoms with Crippen LogP contribution in [0.5, 0.6) is 11.5 Å². The highest BCUT2D eigenvalue weighted by atomic mass is 79.9. The summed E-state index contributed by atoms with van der Waals surface area (Å²) in [6.45, 7) is 0. The molecule has 1 aromatic carbocycles. The SMILES string of the molecule is NC1(Cc2c(Br)ccc(O)c2O)CC1. The number of aromatic hydroxyl groups is 2. The lowest BCUT2D eigenvalue weighted by atomic mass is 10.0. The summed E-state index contributed by atoms with van der Waals surface area (Å²) in [5, 5.41) is 19.0. The van der Waals surface area contributed by atoms with Crippen LogP contribution in [-0.4, -0.2) is 15.8 Å². The number of nitrogens with two attached hydrogens (primary N) is 1. The van der Waals surface area contributed by atoms with Gasteiger partial charge in [0.25, 0.3) is 0 Å². The molecule has 0 amide bonds. The molecule has 0 spiro atoms. The lowest BCUT2D eigenvalue weighted by Crippen LogP contribution is -2.24. The fourth-order valence-corrected chi connectivity index (χ4v) is 1.92. The first-order valence-electron chi connectivity index (χ1n) is 4.50. The second-order valence-corrected chi connectivity index (χ2v) is 4.79. The molecule has 0 bridgehead atoms. The molecule has 0 radical (unpaired) electrons. The normalized spacial score (nSPS) is 18.1. The van der Waals surface area contributed by atoms with Gasteiger partial charge in [0.2, 0.25) is 0 Å². The van der Waals surface area contributed by atoms with Gasteiger partial charge in [0, 0.05) is 15.6 Å². The highest BCUT2D eigenvalue weighted by Gasteiger charge is 2.39. The molecule has 1 saturated carbocycles. The molecule has 14 heavy (non-hydrogen) atoms. The van der Waals surface area contributed by atoms with Crippen molar-refractivity contribution in [3.63, 3.8) is 0 Å². The molecule has 0 saturated heterocycles. The van der Waals surface area contributed by atoms with E-state index in [1.54, 1.807) is 6.07 Å². The van der Waals surface area contributed by atoms with Gasteiger partial charge in [0.05, 0.1) is 0 Å². The summed E-state index contributed by atoms with van der Waals surface area (Å²) >= 11 is 3.34. The van der Waals surface area contributed by atoms with Crippen molar-refractivity contribution in [2.75, 3.05) is 0 Å². The minimum absolute atomic E-state index is 0.0592. The Hall–Kier alpha value is -0.740. The summed E-state index contributed by atoms with van der Waals surface area (Å²) in [5.41, 5.74) is 6.48. The van der Waals surface area contributed by atoms with Crippen molar-refractivity contribution in [3.8, 4) is 11.5 Å². The van der Waals surface area contributed by atoms with Gasteiger partial charge in [0.15, 0.2) is 11.5 Å². The summed E-state index contributed by atoms with van der Waals surface area (Å²) in [5.74, 6) is -0.149. The first kappa shape index (κ1) is 9.80. The van der Waals surface area contributed by atoms with Crippen molar-refractivity contribution in [2.45, 2.75) is 24.8 Å². The third-order valence-electron chi connectivity index (χ3n) is 2.63. The standard InChI is InChI=1S/C10H12BrNO2/c11-7-1-2-8(13)9(14)6(7)5-10(12)3-4-10/h1-2,13-14H,3-5,12H2. The maximum Gasteiger partial charge on any atom is 0.161 e. The van der Waals surface area contributed by atoms with E-state index in [4.69, 9.17) is 5.73 Å². The summed E-state index contributed by atoms with van der Waals surface area (Å²) in [6, 6.07) is 3.18. The fourth-order valence-electron chi connectivity index (χ4n) is 1.46. The highest BCUT2D eigenvalue weighted by Crippen LogP contribution is 2.42. The second kappa shape index (κ2) is 3.14. The monoisotopic (exact) mass is 257 g/mol. The lowest BCUT2D eigenvalue weighted by molar-refractivity contribution is 0.397. The Morgan fingerprint density at radius 2 is 2.00 bits per heavy atom. The Morgan fingerprint density at radius 3 is 2.57 bits per heavy atom. The van der Waals surface area contributed by atoms with E-state index >= 15 is 0 Å². The van der Waals surface area contributed by atoms with Gasteiger partial charge in [-0.3, -0.25) is 0 Å². The molecule has 0 atom stereocenters. The first-order chi connectivity index (χ1) is 6.52. The van der Waals surface area contributed by atoms with Crippen molar-refractivity contribution in [1.82, 2.24) is 0 Å². The Bertz CT molecular complexity index is 375. The Morgan fingerprint density at radius 1 is 1.36 bits per heavy atom. The third-order valence-corrected chi connectivity index (χ3v) is 3.37. The Kier molecular flexibility index (Phi) is 2.20. The summed E-state index contributed by atoms with van der Waals surface area (Å²) in [7, 11) is 0. The molecule has 4 N–H and O–H groups in total. The molecule has 4 heteroatoms. The van der Waals surface area contributed by atoms with Gasteiger partial charge in [-0.15, -0.1) is 0 Å². The molecule has 0 heterocycles. The molecule has 1 aliphatic rings. The highest BCUT2D eigenvalue weighted by molar-refractivity contribution is 9.10. The third kappa shape index (κ3) is 1.72. The second-order valence-electron chi connectivity index (χ2n) is 3.93. The van der Waals surface area contributed by atoms with Crippen molar-refractivity contribution >= 4 is 15.9 Å². The molecule has 0 unspecified atom stereocenters. The zero-order chi connectivity index (χ0) is 10.3.